The lowest BCUT2D eigenvalue weighted by Gasteiger charge is -2.04. The van der Waals surface area contributed by atoms with Gasteiger partial charge in [0.1, 0.15) is 11.8 Å². The summed E-state index contributed by atoms with van der Waals surface area (Å²) < 4.78 is 4.90. The van der Waals surface area contributed by atoms with Crippen LogP contribution in [0.4, 0.5) is 0 Å². The lowest BCUT2D eigenvalue weighted by molar-refractivity contribution is 0.0526. The van der Waals surface area contributed by atoms with Crippen LogP contribution in [0, 0.1) is 11.3 Å². The van der Waals surface area contributed by atoms with E-state index < -0.39 is 0 Å². The van der Waals surface area contributed by atoms with E-state index in [1.165, 1.54) is 13.0 Å². The van der Waals surface area contributed by atoms with E-state index >= 15 is 0 Å². The normalized spacial score (nSPS) is 10.9. The van der Waals surface area contributed by atoms with Gasteiger partial charge in [-0.25, -0.2) is 4.79 Å². The summed E-state index contributed by atoms with van der Waals surface area (Å²) in [6.45, 7) is 11.4. The molecule has 0 saturated carbocycles. The summed E-state index contributed by atoms with van der Waals surface area (Å²) in [5, 5.41) is 18.1. The SMILES string of the molecule is C=C(/C=C\C(C#N)=C(/C)O)c1ccc(C(=O)OCC)cc1.CC. The zero-order valence-corrected chi connectivity index (χ0v) is 14.1. The van der Waals surface area contributed by atoms with Gasteiger partial charge in [0.05, 0.1) is 17.7 Å². The number of aliphatic hydroxyl groups is 1. The average molecular weight is 313 g/mol. The van der Waals surface area contributed by atoms with Gasteiger partial charge in [0.2, 0.25) is 0 Å². The van der Waals surface area contributed by atoms with E-state index in [1.807, 2.05) is 19.9 Å². The summed E-state index contributed by atoms with van der Waals surface area (Å²) >= 11 is 0. The molecule has 0 aliphatic rings. The third-order valence-electron chi connectivity index (χ3n) is 2.73. The Balaban J connectivity index is 0.00000232. The van der Waals surface area contributed by atoms with Crippen molar-refractivity contribution in [3.63, 3.8) is 0 Å². The molecule has 4 heteroatoms. The van der Waals surface area contributed by atoms with Gasteiger partial charge in [-0.2, -0.15) is 5.26 Å². The Bertz CT molecular complexity index is 628. The van der Waals surface area contributed by atoms with Gasteiger partial charge in [0, 0.05) is 0 Å². The fourth-order valence-electron chi connectivity index (χ4n) is 1.55. The molecule has 0 unspecified atom stereocenters. The van der Waals surface area contributed by atoms with Crippen LogP contribution in [-0.2, 0) is 4.74 Å². The largest absolute Gasteiger partial charge is 0.511 e. The second kappa shape index (κ2) is 10.9. The number of carbonyl (C=O) groups is 1. The van der Waals surface area contributed by atoms with Crippen LogP contribution in [0.15, 0.2) is 54.3 Å². The monoisotopic (exact) mass is 313 g/mol. The standard InChI is InChI=1S/C17H17NO3.C2H6/c1-4-21-17(20)15-9-7-14(8-10-15)12(2)5-6-16(11-18)13(3)19;1-2/h5-10,19H,2,4H2,1,3H3;1-2H3/b6-5-,16-13-;. The van der Waals surface area contributed by atoms with Crippen molar-refractivity contribution in [2.24, 2.45) is 0 Å². The van der Waals surface area contributed by atoms with E-state index in [2.05, 4.69) is 6.58 Å². The van der Waals surface area contributed by atoms with E-state index in [-0.39, 0.29) is 17.3 Å². The molecule has 1 rings (SSSR count). The van der Waals surface area contributed by atoms with Gasteiger partial charge in [0.15, 0.2) is 0 Å². The molecule has 0 aliphatic heterocycles. The van der Waals surface area contributed by atoms with Crippen LogP contribution in [0.3, 0.4) is 0 Å². The maximum absolute atomic E-state index is 11.5. The molecule has 0 aromatic heterocycles. The first-order valence-electron chi connectivity index (χ1n) is 7.44. The third kappa shape index (κ3) is 6.66. The summed E-state index contributed by atoms with van der Waals surface area (Å²) in [5.74, 6) is -0.407. The van der Waals surface area contributed by atoms with Crippen molar-refractivity contribution in [2.75, 3.05) is 6.61 Å². The Labute approximate surface area is 138 Å². The number of allylic oxidation sites excluding steroid dienone is 5. The van der Waals surface area contributed by atoms with Gasteiger partial charge in [-0.05, 0) is 43.2 Å². The minimum absolute atomic E-state index is 0.0424. The molecule has 23 heavy (non-hydrogen) atoms. The molecular formula is C19H23NO3. The maximum Gasteiger partial charge on any atom is 0.338 e. The molecule has 0 bridgehead atoms. The van der Waals surface area contributed by atoms with E-state index in [9.17, 15) is 9.90 Å². The maximum atomic E-state index is 11.5. The zero-order valence-electron chi connectivity index (χ0n) is 14.1. The molecule has 0 spiro atoms. The number of carbonyl (C=O) groups excluding carboxylic acids is 1. The first-order chi connectivity index (χ1) is 11.0. The molecule has 1 N–H and O–H groups in total. The van der Waals surface area contributed by atoms with Crippen LogP contribution < -0.4 is 0 Å². The average Bonchev–Trinajstić information content (AvgIpc) is 2.57. The van der Waals surface area contributed by atoms with Gasteiger partial charge < -0.3 is 9.84 Å². The molecule has 122 valence electrons. The Morgan fingerprint density at radius 2 is 1.78 bits per heavy atom. The van der Waals surface area contributed by atoms with Crippen molar-refractivity contribution in [1.29, 1.82) is 5.26 Å². The molecule has 0 aliphatic carbocycles. The third-order valence-corrected chi connectivity index (χ3v) is 2.73. The number of nitrogens with zero attached hydrogens (tertiary/aromatic N) is 1. The minimum atomic E-state index is -0.365. The zero-order chi connectivity index (χ0) is 17.8. The fourth-order valence-corrected chi connectivity index (χ4v) is 1.55. The van der Waals surface area contributed by atoms with Crippen molar-refractivity contribution in [3.05, 3.63) is 65.5 Å². The Kier molecular flexibility index (Phi) is 9.54. The van der Waals surface area contributed by atoms with Crippen LogP contribution >= 0.6 is 0 Å². The molecule has 0 fully saturated rings. The molecule has 1 aromatic carbocycles. The summed E-state index contributed by atoms with van der Waals surface area (Å²) in [6.07, 6.45) is 3.13. The number of hydrogen-bond acceptors (Lipinski definition) is 4. The number of benzene rings is 1. The van der Waals surface area contributed by atoms with Crippen molar-refractivity contribution in [1.82, 2.24) is 0 Å². The molecule has 1 aromatic rings. The summed E-state index contributed by atoms with van der Waals surface area (Å²) in [6, 6.07) is 8.70. The van der Waals surface area contributed by atoms with Crippen molar-refractivity contribution in [3.8, 4) is 6.07 Å². The van der Waals surface area contributed by atoms with Crippen LogP contribution in [0.2, 0.25) is 0 Å². The van der Waals surface area contributed by atoms with E-state index in [0.29, 0.717) is 17.7 Å². The van der Waals surface area contributed by atoms with Crippen molar-refractivity contribution in [2.45, 2.75) is 27.7 Å². The lowest BCUT2D eigenvalue weighted by Crippen LogP contribution is -2.04. The second-order valence-corrected chi connectivity index (χ2v) is 4.27. The first-order valence-corrected chi connectivity index (χ1v) is 7.44. The van der Waals surface area contributed by atoms with Crippen molar-refractivity contribution >= 4 is 11.5 Å². The molecular weight excluding hydrogens is 290 g/mol. The van der Waals surface area contributed by atoms with Crippen molar-refractivity contribution < 1.29 is 14.6 Å². The van der Waals surface area contributed by atoms with Crippen LogP contribution in [0.1, 0.15) is 43.6 Å². The molecule has 0 amide bonds. The number of nitriles is 1. The molecule has 4 nitrogen and oxygen atoms in total. The fraction of sp³-hybridized carbons (Fsp3) is 0.263. The van der Waals surface area contributed by atoms with Gasteiger partial charge in [-0.3, -0.25) is 0 Å². The number of esters is 1. The topological polar surface area (TPSA) is 70.3 Å². The van der Waals surface area contributed by atoms with Gasteiger partial charge in [-0.1, -0.05) is 38.6 Å². The molecule has 0 radical (unpaired) electrons. The van der Waals surface area contributed by atoms with Crippen LogP contribution in [0.5, 0.6) is 0 Å². The highest BCUT2D eigenvalue weighted by molar-refractivity contribution is 5.90. The highest BCUT2D eigenvalue weighted by Crippen LogP contribution is 2.16. The quantitative estimate of drug-likeness (QED) is 0.366. The summed E-state index contributed by atoms with van der Waals surface area (Å²) in [4.78, 5) is 11.5. The number of aliphatic hydroxyl groups excluding tert-OH is 1. The van der Waals surface area contributed by atoms with E-state index in [1.54, 1.807) is 37.3 Å². The summed E-state index contributed by atoms with van der Waals surface area (Å²) in [5.41, 5.74) is 2.13. The van der Waals surface area contributed by atoms with E-state index in [4.69, 9.17) is 10.00 Å². The Morgan fingerprint density at radius 3 is 2.22 bits per heavy atom. The Hall–Kier alpha value is -2.80. The van der Waals surface area contributed by atoms with E-state index in [0.717, 1.165) is 5.56 Å². The number of rotatable bonds is 5. The van der Waals surface area contributed by atoms with Gasteiger partial charge in [0.25, 0.3) is 0 Å². The predicted octanol–water partition coefficient (Wildman–Crippen LogP) is 4.81. The smallest absolute Gasteiger partial charge is 0.338 e. The summed E-state index contributed by atoms with van der Waals surface area (Å²) in [7, 11) is 0. The minimum Gasteiger partial charge on any atom is -0.511 e. The first kappa shape index (κ1) is 20.2. The molecule has 0 atom stereocenters. The van der Waals surface area contributed by atoms with Gasteiger partial charge in [-0.15, -0.1) is 0 Å². The van der Waals surface area contributed by atoms with Crippen LogP contribution in [0.25, 0.3) is 5.57 Å². The highest BCUT2D eigenvalue weighted by Gasteiger charge is 2.06. The second-order valence-electron chi connectivity index (χ2n) is 4.27. The Morgan fingerprint density at radius 1 is 1.26 bits per heavy atom. The molecule has 0 heterocycles. The predicted molar refractivity (Wildman–Crippen MR) is 92.9 cm³/mol. The van der Waals surface area contributed by atoms with Crippen LogP contribution in [-0.4, -0.2) is 17.7 Å². The lowest BCUT2D eigenvalue weighted by atomic mass is 10.0. The van der Waals surface area contributed by atoms with Gasteiger partial charge >= 0.3 is 5.97 Å². The highest BCUT2D eigenvalue weighted by atomic mass is 16.5. The number of hydrogen-bond donors (Lipinski definition) is 1. The number of ether oxygens (including phenoxy) is 1. The molecule has 0 saturated heterocycles.